The molecular weight excluding hydrogens is 251 g/mol. The maximum atomic E-state index is 12.1. The molecule has 1 unspecified atom stereocenters. The Labute approximate surface area is 102 Å². The predicted octanol–water partition coefficient (Wildman–Crippen LogP) is 1.66. The molecule has 1 atom stereocenters. The van der Waals surface area contributed by atoms with Crippen molar-refractivity contribution in [2.45, 2.75) is 19.4 Å². The molecule has 0 aliphatic heterocycles. The Morgan fingerprint density at radius 3 is 2.56 bits per heavy atom. The lowest BCUT2D eigenvalue weighted by Gasteiger charge is -2.14. The number of anilines is 1. The number of alkyl halides is 3. The van der Waals surface area contributed by atoms with Crippen molar-refractivity contribution in [3.8, 4) is 5.75 Å². The Bertz CT molecular complexity index is 396. The number of hydrogen-bond donors (Lipinski definition) is 3. The van der Waals surface area contributed by atoms with Gasteiger partial charge in [0.25, 0.3) is 0 Å². The number of aliphatic hydroxyl groups is 2. The molecule has 1 aromatic carbocycles. The van der Waals surface area contributed by atoms with Crippen LogP contribution in [-0.2, 0) is 0 Å². The minimum Gasteiger partial charge on any atom is -0.406 e. The number of rotatable bonds is 5. The minimum absolute atomic E-state index is 0.0331. The van der Waals surface area contributed by atoms with Crippen LogP contribution in [0.4, 0.5) is 18.9 Å². The van der Waals surface area contributed by atoms with E-state index in [2.05, 4.69) is 10.1 Å². The zero-order valence-electron chi connectivity index (χ0n) is 9.66. The van der Waals surface area contributed by atoms with Gasteiger partial charge in [-0.2, -0.15) is 0 Å². The van der Waals surface area contributed by atoms with E-state index < -0.39 is 19.1 Å². The van der Waals surface area contributed by atoms with Gasteiger partial charge in [-0.1, -0.05) is 0 Å². The molecule has 1 rings (SSSR count). The van der Waals surface area contributed by atoms with Gasteiger partial charge in [0.05, 0.1) is 12.7 Å². The fourth-order valence-electron chi connectivity index (χ4n) is 1.34. The Kier molecular flexibility index (Phi) is 4.80. The first-order valence-electron chi connectivity index (χ1n) is 5.20. The van der Waals surface area contributed by atoms with Crippen molar-refractivity contribution in [3.05, 3.63) is 23.8 Å². The van der Waals surface area contributed by atoms with Crippen LogP contribution in [-0.4, -0.2) is 35.8 Å². The molecule has 1 aromatic rings. The van der Waals surface area contributed by atoms with Gasteiger partial charge in [0.1, 0.15) is 5.75 Å². The summed E-state index contributed by atoms with van der Waals surface area (Å²) in [6, 6.07) is 4.03. The van der Waals surface area contributed by atoms with E-state index in [0.717, 1.165) is 0 Å². The van der Waals surface area contributed by atoms with E-state index in [1.807, 2.05) is 0 Å². The molecular formula is C11H14F3NO3. The standard InChI is InChI=1S/C11H14F3NO3/c1-7-2-8(15-5-9(17)6-16)4-10(3-7)18-11(12,13)14/h2-4,9,15-17H,5-6H2,1H3. The molecule has 7 heteroatoms. The number of benzene rings is 1. The average molecular weight is 265 g/mol. The van der Waals surface area contributed by atoms with Crippen molar-refractivity contribution in [1.29, 1.82) is 0 Å². The van der Waals surface area contributed by atoms with Crippen LogP contribution in [0.3, 0.4) is 0 Å². The molecule has 0 aliphatic rings. The predicted molar refractivity (Wildman–Crippen MR) is 59.4 cm³/mol. The van der Waals surface area contributed by atoms with Crippen molar-refractivity contribution in [3.63, 3.8) is 0 Å². The third-order valence-electron chi connectivity index (χ3n) is 2.04. The van der Waals surface area contributed by atoms with E-state index in [1.165, 1.54) is 12.1 Å². The molecule has 0 aliphatic carbocycles. The maximum absolute atomic E-state index is 12.1. The van der Waals surface area contributed by atoms with Gasteiger partial charge in [0.15, 0.2) is 0 Å². The van der Waals surface area contributed by atoms with Crippen molar-refractivity contribution < 1.29 is 28.1 Å². The molecule has 0 aromatic heterocycles. The molecule has 18 heavy (non-hydrogen) atoms. The van der Waals surface area contributed by atoms with Gasteiger partial charge in [0, 0.05) is 18.3 Å². The van der Waals surface area contributed by atoms with E-state index in [1.54, 1.807) is 13.0 Å². The molecule has 0 saturated carbocycles. The summed E-state index contributed by atoms with van der Waals surface area (Å²) >= 11 is 0. The summed E-state index contributed by atoms with van der Waals surface area (Å²) in [7, 11) is 0. The van der Waals surface area contributed by atoms with Crippen molar-refractivity contribution in [1.82, 2.24) is 0 Å². The van der Waals surface area contributed by atoms with Gasteiger partial charge in [-0.25, -0.2) is 0 Å². The second kappa shape index (κ2) is 5.92. The number of halogens is 3. The fourth-order valence-corrected chi connectivity index (χ4v) is 1.34. The number of nitrogens with one attached hydrogen (secondary N) is 1. The average Bonchev–Trinajstić information content (AvgIpc) is 2.22. The largest absolute Gasteiger partial charge is 0.573 e. The van der Waals surface area contributed by atoms with Crippen LogP contribution < -0.4 is 10.1 Å². The summed E-state index contributed by atoms with van der Waals surface area (Å²) in [6.07, 6.45) is -5.71. The van der Waals surface area contributed by atoms with Crippen molar-refractivity contribution in [2.75, 3.05) is 18.5 Å². The summed E-state index contributed by atoms with van der Waals surface area (Å²) in [6.45, 7) is 1.23. The molecule has 0 spiro atoms. The van der Waals surface area contributed by atoms with Gasteiger partial charge >= 0.3 is 6.36 Å². The lowest BCUT2D eigenvalue weighted by molar-refractivity contribution is -0.274. The third kappa shape index (κ3) is 5.24. The first-order chi connectivity index (χ1) is 8.30. The molecule has 0 fully saturated rings. The van der Waals surface area contributed by atoms with Crippen LogP contribution in [0.15, 0.2) is 18.2 Å². The Balaban J connectivity index is 2.74. The molecule has 0 radical (unpaired) electrons. The summed E-state index contributed by atoms with van der Waals surface area (Å²) in [5.74, 6) is -0.330. The normalized spacial score (nSPS) is 13.2. The molecule has 4 nitrogen and oxygen atoms in total. The first kappa shape index (κ1) is 14.6. The van der Waals surface area contributed by atoms with Crippen LogP contribution >= 0.6 is 0 Å². The van der Waals surface area contributed by atoms with E-state index in [4.69, 9.17) is 10.2 Å². The highest BCUT2D eigenvalue weighted by Crippen LogP contribution is 2.26. The van der Waals surface area contributed by atoms with Gasteiger partial charge in [0.2, 0.25) is 0 Å². The third-order valence-corrected chi connectivity index (χ3v) is 2.04. The van der Waals surface area contributed by atoms with Gasteiger partial charge < -0.3 is 20.3 Å². The van der Waals surface area contributed by atoms with Crippen molar-refractivity contribution >= 4 is 5.69 Å². The molecule has 0 heterocycles. The van der Waals surface area contributed by atoms with Gasteiger partial charge in [-0.3, -0.25) is 0 Å². The van der Waals surface area contributed by atoms with Crippen LogP contribution in [0.25, 0.3) is 0 Å². The zero-order valence-corrected chi connectivity index (χ0v) is 9.66. The molecule has 0 bridgehead atoms. The van der Waals surface area contributed by atoms with Gasteiger partial charge in [-0.15, -0.1) is 13.2 Å². The molecule has 0 saturated heterocycles. The monoisotopic (exact) mass is 265 g/mol. The number of hydrogen-bond acceptors (Lipinski definition) is 4. The van der Waals surface area contributed by atoms with Crippen LogP contribution in [0.2, 0.25) is 0 Å². The molecule has 102 valence electrons. The van der Waals surface area contributed by atoms with Crippen LogP contribution in [0.5, 0.6) is 5.75 Å². The summed E-state index contributed by atoms with van der Waals surface area (Å²) < 4.78 is 40.0. The van der Waals surface area contributed by atoms with E-state index >= 15 is 0 Å². The summed E-state index contributed by atoms with van der Waals surface area (Å²) in [4.78, 5) is 0. The first-order valence-corrected chi connectivity index (χ1v) is 5.20. The number of aryl methyl sites for hydroxylation is 1. The second-order valence-corrected chi connectivity index (χ2v) is 3.80. The van der Waals surface area contributed by atoms with E-state index in [9.17, 15) is 13.2 Å². The van der Waals surface area contributed by atoms with Crippen LogP contribution in [0.1, 0.15) is 5.56 Å². The topological polar surface area (TPSA) is 61.7 Å². The minimum atomic E-state index is -4.74. The molecule has 0 amide bonds. The van der Waals surface area contributed by atoms with Crippen LogP contribution in [0, 0.1) is 6.92 Å². The smallest absolute Gasteiger partial charge is 0.406 e. The van der Waals surface area contributed by atoms with E-state index in [0.29, 0.717) is 11.3 Å². The molecule has 3 N–H and O–H groups in total. The number of ether oxygens (including phenoxy) is 1. The lowest BCUT2D eigenvalue weighted by atomic mass is 10.2. The highest BCUT2D eigenvalue weighted by Gasteiger charge is 2.31. The highest BCUT2D eigenvalue weighted by molar-refractivity contribution is 5.51. The second-order valence-electron chi connectivity index (χ2n) is 3.80. The van der Waals surface area contributed by atoms with E-state index in [-0.39, 0.29) is 12.3 Å². The fraction of sp³-hybridized carbons (Fsp3) is 0.455. The SMILES string of the molecule is Cc1cc(NCC(O)CO)cc(OC(F)(F)F)c1. The highest BCUT2D eigenvalue weighted by atomic mass is 19.4. The lowest BCUT2D eigenvalue weighted by Crippen LogP contribution is -2.23. The maximum Gasteiger partial charge on any atom is 0.573 e. The Morgan fingerprint density at radius 2 is 2.00 bits per heavy atom. The zero-order chi connectivity index (χ0) is 13.8. The van der Waals surface area contributed by atoms with Crippen molar-refractivity contribution in [2.24, 2.45) is 0 Å². The number of aliphatic hydroxyl groups excluding tert-OH is 2. The van der Waals surface area contributed by atoms with Gasteiger partial charge in [-0.05, 0) is 24.6 Å². The Hall–Kier alpha value is -1.47. The Morgan fingerprint density at radius 1 is 1.33 bits per heavy atom. The summed E-state index contributed by atoms with van der Waals surface area (Å²) in [5, 5.41) is 20.4. The quantitative estimate of drug-likeness (QED) is 0.757. The summed E-state index contributed by atoms with van der Waals surface area (Å²) in [5.41, 5.74) is 0.958.